The highest BCUT2D eigenvalue weighted by Gasteiger charge is 2.16. The van der Waals surface area contributed by atoms with Crippen LogP contribution in [-0.2, 0) is 6.42 Å². The molecule has 33 heavy (non-hydrogen) atoms. The summed E-state index contributed by atoms with van der Waals surface area (Å²) < 4.78 is 15.2. The van der Waals surface area contributed by atoms with Crippen molar-refractivity contribution in [1.29, 1.82) is 0 Å². The van der Waals surface area contributed by atoms with Gasteiger partial charge in [0.25, 0.3) is 11.5 Å². The number of halogens is 2. The van der Waals surface area contributed by atoms with E-state index in [1.807, 2.05) is 24.3 Å². The highest BCUT2D eigenvalue weighted by Crippen LogP contribution is 2.23. The molecule has 1 amide bonds. The second kappa shape index (κ2) is 8.48. The SMILES string of the molecule is O=C(NCCc1ccc(Cl)cc1)c1ccc2c(=O)nc3c(-c4cccc(F)c4)n[nH]n3c2c1. The Morgan fingerprint density at radius 2 is 1.91 bits per heavy atom. The minimum atomic E-state index is -0.459. The summed E-state index contributed by atoms with van der Waals surface area (Å²) in [6, 6.07) is 18.1. The van der Waals surface area contributed by atoms with E-state index in [1.165, 1.54) is 16.6 Å². The van der Waals surface area contributed by atoms with Gasteiger partial charge in [-0.1, -0.05) is 35.9 Å². The van der Waals surface area contributed by atoms with Gasteiger partial charge in [0.05, 0.1) is 10.9 Å². The maximum atomic E-state index is 13.7. The largest absolute Gasteiger partial charge is 0.352 e. The van der Waals surface area contributed by atoms with E-state index in [0.29, 0.717) is 45.7 Å². The highest BCUT2D eigenvalue weighted by atomic mass is 35.5. The number of aromatic amines is 1. The number of nitrogens with zero attached hydrogens (tertiary/aromatic N) is 3. The van der Waals surface area contributed by atoms with Crippen LogP contribution in [0, 0.1) is 5.82 Å². The minimum absolute atomic E-state index is 0.249. The predicted molar refractivity (Wildman–Crippen MR) is 124 cm³/mol. The number of hydrogen-bond acceptors (Lipinski definition) is 4. The second-order valence-corrected chi connectivity index (χ2v) is 7.95. The number of nitrogens with one attached hydrogen (secondary N) is 2. The van der Waals surface area contributed by atoms with Crippen LogP contribution in [0.1, 0.15) is 15.9 Å². The molecule has 164 valence electrons. The molecule has 0 aliphatic rings. The first-order valence-electron chi connectivity index (χ1n) is 10.2. The lowest BCUT2D eigenvalue weighted by atomic mass is 10.1. The van der Waals surface area contributed by atoms with Gasteiger partial charge < -0.3 is 5.32 Å². The van der Waals surface area contributed by atoms with Crippen molar-refractivity contribution >= 4 is 34.1 Å². The molecule has 5 aromatic rings. The topological polar surface area (TPSA) is 92.2 Å². The number of carbonyl (C=O) groups excluding carboxylic acids is 1. The summed E-state index contributed by atoms with van der Waals surface area (Å²) >= 11 is 5.90. The fraction of sp³-hybridized carbons (Fsp3) is 0.0833. The van der Waals surface area contributed by atoms with Crippen molar-refractivity contribution in [3.05, 3.63) is 99.1 Å². The molecule has 0 radical (unpaired) electrons. The summed E-state index contributed by atoms with van der Waals surface area (Å²) in [6.45, 7) is 0.442. The average molecular weight is 462 g/mol. The molecule has 9 heteroatoms. The molecule has 0 fully saturated rings. The molecule has 2 N–H and O–H groups in total. The first kappa shape index (κ1) is 20.8. The molecule has 3 aromatic carbocycles. The summed E-state index contributed by atoms with van der Waals surface area (Å²) in [7, 11) is 0. The summed E-state index contributed by atoms with van der Waals surface area (Å²) in [5.74, 6) is -0.692. The molecule has 0 atom stereocenters. The third kappa shape index (κ3) is 4.08. The van der Waals surface area contributed by atoms with Gasteiger partial charge in [0.15, 0.2) is 5.65 Å². The molecule has 2 aromatic heterocycles. The molecule has 0 bridgehead atoms. The maximum absolute atomic E-state index is 13.7. The van der Waals surface area contributed by atoms with Gasteiger partial charge in [0.1, 0.15) is 11.5 Å². The van der Waals surface area contributed by atoms with E-state index in [4.69, 9.17) is 11.6 Å². The van der Waals surface area contributed by atoms with Crippen molar-refractivity contribution in [3.8, 4) is 11.3 Å². The molecule has 0 spiro atoms. The van der Waals surface area contributed by atoms with Gasteiger partial charge in [-0.2, -0.15) is 10.1 Å². The number of benzene rings is 3. The lowest BCUT2D eigenvalue weighted by Crippen LogP contribution is -2.25. The van der Waals surface area contributed by atoms with Crippen LogP contribution in [0.15, 0.2) is 71.5 Å². The number of hydrogen-bond donors (Lipinski definition) is 2. The van der Waals surface area contributed by atoms with Crippen LogP contribution in [0.3, 0.4) is 0 Å². The normalized spacial score (nSPS) is 11.2. The zero-order valence-corrected chi connectivity index (χ0v) is 17.9. The Balaban J connectivity index is 1.46. The number of aromatic nitrogens is 4. The van der Waals surface area contributed by atoms with Crippen molar-refractivity contribution < 1.29 is 9.18 Å². The Morgan fingerprint density at radius 1 is 1.09 bits per heavy atom. The van der Waals surface area contributed by atoms with E-state index < -0.39 is 11.4 Å². The zero-order valence-electron chi connectivity index (χ0n) is 17.2. The van der Waals surface area contributed by atoms with E-state index in [-0.39, 0.29) is 11.6 Å². The number of carbonyl (C=O) groups is 1. The standard InChI is InChI=1S/C24H17ClFN5O2/c25-17-7-4-14(5-8-17)10-11-27-23(32)16-6-9-19-20(13-16)31-22(28-24(19)33)21(29-30-31)15-2-1-3-18(26)12-15/h1-9,12-13,30H,10-11H2,(H,27,32). The van der Waals surface area contributed by atoms with E-state index in [1.54, 1.807) is 30.3 Å². The summed E-state index contributed by atoms with van der Waals surface area (Å²) in [4.78, 5) is 29.5. The van der Waals surface area contributed by atoms with Crippen molar-refractivity contribution in [3.63, 3.8) is 0 Å². The van der Waals surface area contributed by atoms with Crippen molar-refractivity contribution in [2.24, 2.45) is 0 Å². The molecule has 0 saturated heterocycles. The van der Waals surface area contributed by atoms with E-state index >= 15 is 0 Å². The van der Waals surface area contributed by atoms with Gasteiger partial charge in [-0.15, -0.1) is 0 Å². The Morgan fingerprint density at radius 3 is 2.70 bits per heavy atom. The van der Waals surface area contributed by atoms with Crippen LogP contribution in [0.25, 0.3) is 27.8 Å². The van der Waals surface area contributed by atoms with Gasteiger partial charge >= 0.3 is 0 Å². The molecule has 0 saturated carbocycles. The van der Waals surface area contributed by atoms with Gasteiger partial charge in [-0.25, -0.2) is 14.1 Å². The van der Waals surface area contributed by atoms with Crippen LogP contribution < -0.4 is 10.9 Å². The fourth-order valence-corrected chi connectivity index (χ4v) is 3.80. The first-order chi connectivity index (χ1) is 16.0. The Hall–Kier alpha value is -4.04. The Bertz CT molecular complexity index is 1560. The highest BCUT2D eigenvalue weighted by molar-refractivity contribution is 6.30. The molecule has 0 aliphatic heterocycles. The lowest BCUT2D eigenvalue weighted by Gasteiger charge is -2.07. The summed E-state index contributed by atoms with van der Waals surface area (Å²) in [6.07, 6.45) is 0.654. The quantitative estimate of drug-likeness (QED) is 0.414. The maximum Gasteiger partial charge on any atom is 0.281 e. The first-order valence-corrected chi connectivity index (χ1v) is 10.6. The van der Waals surface area contributed by atoms with Crippen LogP contribution in [0.5, 0.6) is 0 Å². The third-order valence-corrected chi connectivity index (χ3v) is 5.59. The van der Waals surface area contributed by atoms with Crippen LogP contribution >= 0.6 is 11.6 Å². The monoisotopic (exact) mass is 461 g/mol. The van der Waals surface area contributed by atoms with E-state index in [9.17, 15) is 14.0 Å². The van der Waals surface area contributed by atoms with Gasteiger partial charge in [-0.05, 0) is 54.4 Å². The van der Waals surface area contributed by atoms with Crippen molar-refractivity contribution in [2.45, 2.75) is 6.42 Å². The van der Waals surface area contributed by atoms with E-state index in [2.05, 4.69) is 20.6 Å². The zero-order chi connectivity index (χ0) is 22.9. The molecule has 2 heterocycles. The molecular weight excluding hydrogens is 445 g/mol. The fourth-order valence-electron chi connectivity index (χ4n) is 3.67. The van der Waals surface area contributed by atoms with Gasteiger partial charge in [-0.3, -0.25) is 9.59 Å². The van der Waals surface area contributed by atoms with E-state index in [0.717, 1.165) is 5.56 Å². The lowest BCUT2D eigenvalue weighted by molar-refractivity contribution is 0.0954. The number of rotatable bonds is 5. The Labute approximate surface area is 191 Å². The number of fused-ring (bicyclic) bond motifs is 3. The molecule has 7 nitrogen and oxygen atoms in total. The molecular formula is C24H17ClFN5O2. The minimum Gasteiger partial charge on any atom is -0.352 e. The van der Waals surface area contributed by atoms with Crippen LogP contribution in [0.4, 0.5) is 4.39 Å². The summed E-state index contributed by atoms with van der Waals surface area (Å²) in [5, 5.41) is 10.9. The smallest absolute Gasteiger partial charge is 0.281 e. The predicted octanol–water partition coefficient (Wildman–Crippen LogP) is 4.00. The number of amides is 1. The van der Waals surface area contributed by atoms with Crippen LogP contribution in [-0.4, -0.2) is 32.3 Å². The average Bonchev–Trinajstić information content (AvgIpc) is 3.24. The number of H-pyrrole nitrogens is 1. The molecule has 5 rings (SSSR count). The van der Waals surface area contributed by atoms with Crippen LogP contribution in [0.2, 0.25) is 5.02 Å². The Kier molecular flexibility index (Phi) is 5.35. The van der Waals surface area contributed by atoms with Crippen molar-refractivity contribution in [2.75, 3.05) is 6.54 Å². The van der Waals surface area contributed by atoms with Crippen molar-refractivity contribution in [1.82, 2.24) is 25.1 Å². The van der Waals surface area contributed by atoms with Gasteiger partial charge in [0.2, 0.25) is 0 Å². The summed E-state index contributed by atoms with van der Waals surface area (Å²) in [5.41, 5.74) is 2.50. The van der Waals surface area contributed by atoms with Gasteiger partial charge in [0, 0.05) is 22.7 Å². The third-order valence-electron chi connectivity index (χ3n) is 5.33. The molecule has 0 unspecified atom stereocenters. The second-order valence-electron chi connectivity index (χ2n) is 7.51. The molecule has 0 aliphatic carbocycles.